The fourth-order valence-electron chi connectivity index (χ4n) is 2.75. The summed E-state index contributed by atoms with van der Waals surface area (Å²) in [6.45, 7) is 6.45. The Labute approximate surface area is 122 Å². The monoisotopic (exact) mass is 293 g/mol. The first-order chi connectivity index (χ1) is 9.50. The van der Waals surface area contributed by atoms with Crippen molar-refractivity contribution in [2.75, 3.05) is 13.1 Å². The van der Waals surface area contributed by atoms with Gasteiger partial charge < -0.3 is 10.0 Å². The second kappa shape index (κ2) is 5.79. The number of carboxylic acid groups (broad SMARTS) is 1. The van der Waals surface area contributed by atoms with Gasteiger partial charge in [0.15, 0.2) is 0 Å². The Morgan fingerprint density at radius 3 is 2.90 bits per heavy atom. The Morgan fingerprint density at radius 2 is 2.35 bits per heavy atom. The van der Waals surface area contributed by atoms with Gasteiger partial charge in [-0.2, -0.15) is 0 Å². The largest absolute Gasteiger partial charge is 0.481 e. The lowest BCUT2D eigenvalue weighted by molar-refractivity contribution is -0.151. The molecule has 5 heteroatoms. The SMILES string of the molecule is C=CCC1(C(=O)O)CCCN(C(=O)c2sccc2C)C1. The van der Waals surface area contributed by atoms with Crippen molar-refractivity contribution in [1.82, 2.24) is 4.90 Å². The summed E-state index contributed by atoms with van der Waals surface area (Å²) in [5.41, 5.74) is 0.0797. The molecule has 2 rings (SSSR count). The molecule has 1 N–H and O–H groups in total. The number of hydrogen-bond donors (Lipinski definition) is 1. The number of allylic oxidation sites excluding steroid dienone is 1. The lowest BCUT2D eigenvalue weighted by Crippen LogP contribution is -2.49. The molecular weight excluding hydrogens is 274 g/mol. The van der Waals surface area contributed by atoms with Crippen LogP contribution in [0.25, 0.3) is 0 Å². The van der Waals surface area contributed by atoms with E-state index >= 15 is 0 Å². The van der Waals surface area contributed by atoms with E-state index in [1.165, 1.54) is 11.3 Å². The van der Waals surface area contributed by atoms with E-state index in [2.05, 4.69) is 6.58 Å². The van der Waals surface area contributed by atoms with E-state index < -0.39 is 11.4 Å². The van der Waals surface area contributed by atoms with Gasteiger partial charge in [0.1, 0.15) is 0 Å². The quantitative estimate of drug-likeness (QED) is 0.868. The minimum atomic E-state index is -0.874. The molecule has 1 aromatic rings. The number of likely N-dealkylation sites (tertiary alicyclic amines) is 1. The molecule has 1 aliphatic rings. The molecule has 0 saturated carbocycles. The molecule has 2 heterocycles. The van der Waals surface area contributed by atoms with Gasteiger partial charge in [0.25, 0.3) is 5.91 Å². The van der Waals surface area contributed by atoms with Crippen LogP contribution in [-0.2, 0) is 4.79 Å². The zero-order chi connectivity index (χ0) is 14.8. The molecule has 1 aromatic heterocycles. The number of aliphatic carboxylic acids is 1. The lowest BCUT2D eigenvalue weighted by atomic mass is 9.77. The second-order valence-electron chi connectivity index (χ2n) is 5.34. The van der Waals surface area contributed by atoms with Crippen LogP contribution >= 0.6 is 11.3 Å². The molecule has 0 bridgehead atoms. The molecule has 0 aromatic carbocycles. The number of hydrogen-bond acceptors (Lipinski definition) is 3. The summed E-state index contributed by atoms with van der Waals surface area (Å²) in [7, 11) is 0. The fraction of sp³-hybridized carbons (Fsp3) is 0.467. The van der Waals surface area contributed by atoms with Crippen molar-refractivity contribution in [2.45, 2.75) is 26.2 Å². The molecule has 1 unspecified atom stereocenters. The molecule has 1 amide bonds. The number of thiophene rings is 1. The highest BCUT2D eigenvalue weighted by Crippen LogP contribution is 2.35. The van der Waals surface area contributed by atoms with Gasteiger partial charge >= 0.3 is 5.97 Å². The van der Waals surface area contributed by atoms with E-state index in [0.717, 1.165) is 12.0 Å². The van der Waals surface area contributed by atoms with E-state index in [0.29, 0.717) is 24.3 Å². The Balaban J connectivity index is 2.22. The molecule has 4 nitrogen and oxygen atoms in total. The Bertz CT molecular complexity index is 537. The maximum Gasteiger partial charge on any atom is 0.311 e. The number of aryl methyl sites for hydroxylation is 1. The fourth-order valence-corrected chi connectivity index (χ4v) is 3.64. The van der Waals surface area contributed by atoms with Crippen LogP contribution in [0.5, 0.6) is 0 Å². The van der Waals surface area contributed by atoms with E-state index in [-0.39, 0.29) is 12.5 Å². The Morgan fingerprint density at radius 1 is 1.60 bits per heavy atom. The number of amides is 1. The van der Waals surface area contributed by atoms with Crippen LogP contribution in [0.2, 0.25) is 0 Å². The summed E-state index contributed by atoms with van der Waals surface area (Å²) in [6.07, 6.45) is 3.35. The summed E-state index contributed by atoms with van der Waals surface area (Å²) < 4.78 is 0. The van der Waals surface area contributed by atoms with E-state index in [9.17, 15) is 14.7 Å². The minimum absolute atomic E-state index is 0.0492. The van der Waals surface area contributed by atoms with Crippen molar-refractivity contribution in [3.05, 3.63) is 34.5 Å². The molecule has 1 saturated heterocycles. The van der Waals surface area contributed by atoms with E-state index in [1.54, 1.807) is 11.0 Å². The van der Waals surface area contributed by atoms with Crippen molar-refractivity contribution in [2.24, 2.45) is 5.41 Å². The van der Waals surface area contributed by atoms with Crippen LogP contribution in [0.3, 0.4) is 0 Å². The second-order valence-corrected chi connectivity index (χ2v) is 6.26. The van der Waals surface area contributed by atoms with E-state index in [1.807, 2.05) is 18.4 Å². The van der Waals surface area contributed by atoms with Crippen LogP contribution in [0.15, 0.2) is 24.1 Å². The van der Waals surface area contributed by atoms with Crippen molar-refractivity contribution >= 4 is 23.2 Å². The van der Waals surface area contributed by atoms with Gasteiger partial charge in [-0.15, -0.1) is 17.9 Å². The summed E-state index contributed by atoms with van der Waals surface area (Å²) in [5.74, 6) is -0.885. The standard InChI is InChI=1S/C15H19NO3S/c1-3-6-15(14(18)19)7-4-8-16(10-15)13(17)12-11(2)5-9-20-12/h3,5,9H,1,4,6-8,10H2,2H3,(H,18,19). The average molecular weight is 293 g/mol. The summed E-state index contributed by atoms with van der Waals surface area (Å²) >= 11 is 1.41. The highest BCUT2D eigenvalue weighted by molar-refractivity contribution is 7.12. The smallest absolute Gasteiger partial charge is 0.311 e. The topological polar surface area (TPSA) is 57.6 Å². The number of nitrogens with zero attached hydrogens (tertiary/aromatic N) is 1. The lowest BCUT2D eigenvalue weighted by Gasteiger charge is -2.39. The normalized spacial score (nSPS) is 22.6. The van der Waals surface area contributed by atoms with Crippen molar-refractivity contribution in [3.8, 4) is 0 Å². The van der Waals surface area contributed by atoms with Gasteiger partial charge in [0.05, 0.1) is 10.3 Å². The molecule has 1 aliphatic heterocycles. The predicted molar refractivity (Wildman–Crippen MR) is 79.1 cm³/mol. The molecule has 1 fully saturated rings. The summed E-state index contributed by atoms with van der Waals surface area (Å²) in [5, 5.41) is 11.4. The third-order valence-corrected chi connectivity index (χ3v) is 4.91. The van der Waals surface area contributed by atoms with Crippen LogP contribution in [-0.4, -0.2) is 35.0 Å². The van der Waals surface area contributed by atoms with Gasteiger partial charge in [0, 0.05) is 13.1 Å². The van der Waals surface area contributed by atoms with Crippen molar-refractivity contribution in [1.29, 1.82) is 0 Å². The highest BCUT2D eigenvalue weighted by Gasteiger charge is 2.42. The van der Waals surface area contributed by atoms with Gasteiger partial charge in [-0.3, -0.25) is 9.59 Å². The number of carbonyl (C=O) groups excluding carboxylic acids is 1. The molecule has 1 atom stereocenters. The zero-order valence-corrected chi connectivity index (χ0v) is 12.4. The summed E-state index contributed by atoms with van der Waals surface area (Å²) in [6, 6.07) is 1.91. The number of piperidine rings is 1. The minimum Gasteiger partial charge on any atom is -0.481 e. The number of carboxylic acids is 1. The molecular formula is C15H19NO3S. The number of rotatable bonds is 4. The molecule has 0 radical (unpaired) electrons. The third kappa shape index (κ3) is 2.63. The van der Waals surface area contributed by atoms with Gasteiger partial charge in [-0.25, -0.2) is 0 Å². The van der Waals surface area contributed by atoms with Gasteiger partial charge in [0.2, 0.25) is 0 Å². The first-order valence-electron chi connectivity index (χ1n) is 6.68. The van der Waals surface area contributed by atoms with Crippen molar-refractivity contribution in [3.63, 3.8) is 0 Å². The van der Waals surface area contributed by atoms with Gasteiger partial charge in [-0.05, 0) is 43.2 Å². The highest BCUT2D eigenvalue weighted by atomic mass is 32.1. The molecule has 108 valence electrons. The first kappa shape index (κ1) is 14.8. The zero-order valence-electron chi connectivity index (χ0n) is 11.6. The Hall–Kier alpha value is -1.62. The average Bonchev–Trinajstić information content (AvgIpc) is 2.84. The first-order valence-corrected chi connectivity index (χ1v) is 7.56. The summed E-state index contributed by atoms with van der Waals surface area (Å²) in [4.78, 5) is 26.5. The molecule has 0 aliphatic carbocycles. The maximum atomic E-state index is 12.5. The third-order valence-electron chi connectivity index (χ3n) is 3.91. The number of carbonyl (C=O) groups is 2. The van der Waals surface area contributed by atoms with Crippen LogP contribution in [0.4, 0.5) is 0 Å². The van der Waals surface area contributed by atoms with Crippen LogP contribution in [0.1, 0.15) is 34.5 Å². The van der Waals surface area contributed by atoms with Crippen LogP contribution in [0, 0.1) is 12.3 Å². The van der Waals surface area contributed by atoms with E-state index in [4.69, 9.17) is 0 Å². The predicted octanol–water partition coefficient (Wildman–Crippen LogP) is 2.94. The maximum absolute atomic E-state index is 12.5. The van der Waals surface area contributed by atoms with Crippen LogP contribution < -0.4 is 0 Å². The van der Waals surface area contributed by atoms with Gasteiger partial charge in [-0.1, -0.05) is 6.08 Å². The van der Waals surface area contributed by atoms with Crippen molar-refractivity contribution < 1.29 is 14.7 Å². The molecule has 0 spiro atoms. The Kier molecular flexibility index (Phi) is 4.28. The molecule has 20 heavy (non-hydrogen) atoms.